The van der Waals surface area contributed by atoms with Crippen molar-refractivity contribution >= 4 is 81.8 Å². The van der Waals surface area contributed by atoms with E-state index in [4.69, 9.17) is 20.6 Å². The number of carbonyl (C=O) groups excluding carboxylic acids is 11. The van der Waals surface area contributed by atoms with Crippen LogP contribution in [0.3, 0.4) is 0 Å². The Labute approximate surface area is 558 Å². The van der Waals surface area contributed by atoms with Crippen LogP contribution in [0.5, 0.6) is 5.75 Å². The number of Topliss-reactive ketones (excluding diaryl/α,β-unsaturated/α-hetero) is 1. The molecule has 2 aliphatic heterocycles. The number of likely N-dealkylation sites (tertiary alicyclic amines) is 1. The number of rotatable bonds is 39. The van der Waals surface area contributed by atoms with Gasteiger partial charge in [0.05, 0.1) is 12.4 Å². The zero-order chi connectivity index (χ0) is 70.0. The highest BCUT2D eigenvalue weighted by molar-refractivity contribution is 5.99. The van der Waals surface area contributed by atoms with Crippen LogP contribution in [0.1, 0.15) is 117 Å². The second-order valence-corrected chi connectivity index (χ2v) is 25.5. The molecule has 2 saturated heterocycles. The van der Waals surface area contributed by atoms with Crippen molar-refractivity contribution in [2.75, 3.05) is 46.0 Å². The molecule has 0 radical (unpaired) electrons. The summed E-state index contributed by atoms with van der Waals surface area (Å²) in [5.74, 6) is -8.64. The predicted octanol–water partition coefficient (Wildman–Crippen LogP) is 0.0376. The summed E-state index contributed by atoms with van der Waals surface area (Å²) < 4.78 is 10.9. The number of hydrogen-bond acceptors (Lipinski definition) is 17. The number of guanidine groups is 1. The SMILES string of the molecule is CCNC(=O)[C@@H]1CCCN1C(=O)[C@H](CCCNC(=N)N)NC(=O)[C@H](CC(C)C)NC(=O)[C@@H](CC(C)C)NC(=O)[C@H](Cc1ccc(O)cc1)NC(=O)[C@H](COC(=O)COCC(=O)C(C)C)NC(=O)[C@H](Cc1c[nH]c2ccccc12)NC(=O)[C@H](Cc1cnc[nH]1)NC[C@@H]1CCC(=O)N1. The van der Waals surface area contributed by atoms with Crippen molar-refractivity contribution in [3.8, 4) is 5.75 Å². The van der Waals surface area contributed by atoms with Gasteiger partial charge in [-0.25, -0.2) is 9.78 Å². The number of aromatic hydroxyl groups is 1. The van der Waals surface area contributed by atoms with Gasteiger partial charge in [0.25, 0.3) is 0 Å². The highest BCUT2D eigenvalue weighted by Gasteiger charge is 2.40. The van der Waals surface area contributed by atoms with Gasteiger partial charge in [0.15, 0.2) is 11.7 Å². The molecule has 0 unspecified atom stereocenters. The van der Waals surface area contributed by atoms with Gasteiger partial charge in [0.2, 0.25) is 53.2 Å². The van der Waals surface area contributed by atoms with E-state index < -0.39 is 121 Å². The molecule has 0 saturated carbocycles. The zero-order valence-corrected chi connectivity index (χ0v) is 55.7. The first kappa shape index (κ1) is 75.6. The second kappa shape index (κ2) is 37.6. The fourth-order valence-corrected chi connectivity index (χ4v) is 11.2. The van der Waals surface area contributed by atoms with Gasteiger partial charge in [0, 0.05) is 92.8 Å². The van der Waals surface area contributed by atoms with Gasteiger partial charge in [-0.2, -0.15) is 0 Å². The van der Waals surface area contributed by atoms with Crippen LogP contribution in [-0.2, 0) is 81.5 Å². The molecule has 30 nitrogen and oxygen atoms in total. The van der Waals surface area contributed by atoms with Crippen LogP contribution in [0.25, 0.3) is 10.9 Å². The minimum atomic E-state index is -1.82. The molecule has 2 fully saturated rings. The summed E-state index contributed by atoms with van der Waals surface area (Å²) in [7, 11) is 0. The van der Waals surface area contributed by atoms with Gasteiger partial charge in [-0.3, -0.25) is 53.4 Å². The van der Waals surface area contributed by atoms with Crippen LogP contribution < -0.4 is 58.9 Å². The van der Waals surface area contributed by atoms with Crippen LogP contribution >= 0.6 is 0 Å². The number of ether oxygens (including phenoxy) is 2. The molecule has 4 aromatic rings. The summed E-state index contributed by atoms with van der Waals surface area (Å²) in [6, 6.07) is 2.27. The molecule has 4 heterocycles. The van der Waals surface area contributed by atoms with E-state index in [0.717, 1.165) is 10.9 Å². The summed E-state index contributed by atoms with van der Waals surface area (Å²) in [6.07, 6.45) is 6.54. The van der Waals surface area contributed by atoms with Crippen molar-refractivity contribution in [2.45, 2.75) is 173 Å². The summed E-state index contributed by atoms with van der Waals surface area (Å²) >= 11 is 0. The maximum Gasteiger partial charge on any atom is 0.332 e. The highest BCUT2D eigenvalue weighted by atomic mass is 16.6. The Morgan fingerprint density at radius 3 is 1.93 bits per heavy atom. The number of carbonyl (C=O) groups is 11. The lowest BCUT2D eigenvalue weighted by atomic mass is 9.98. The number of esters is 1. The largest absolute Gasteiger partial charge is 0.508 e. The van der Waals surface area contributed by atoms with Crippen LogP contribution in [-0.4, -0.2) is 196 Å². The lowest BCUT2D eigenvalue weighted by Gasteiger charge is -2.31. The Morgan fingerprint density at radius 1 is 0.719 bits per heavy atom. The third-order valence-electron chi connectivity index (χ3n) is 16.4. The molecule has 30 heteroatoms. The fraction of sp³-hybridized carbons (Fsp3) is 0.561. The van der Waals surface area contributed by atoms with Gasteiger partial charge in [-0.1, -0.05) is 71.9 Å². The first-order chi connectivity index (χ1) is 45.8. The second-order valence-electron chi connectivity index (χ2n) is 25.5. The molecular formula is C66H96N16O14. The van der Waals surface area contributed by atoms with Crippen LogP contribution in [0.2, 0.25) is 0 Å². The number of para-hydroxylation sites is 1. The summed E-state index contributed by atoms with van der Waals surface area (Å²) in [4.78, 5) is 166. The van der Waals surface area contributed by atoms with E-state index in [9.17, 15) is 43.5 Å². The Hall–Kier alpha value is -9.45. The number of imidazole rings is 1. The van der Waals surface area contributed by atoms with E-state index in [2.05, 4.69) is 68.1 Å². The molecule has 96 heavy (non-hydrogen) atoms. The van der Waals surface area contributed by atoms with Gasteiger partial charge in [0.1, 0.15) is 67.9 Å². The molecule has 16 N–H and O–H groups in total. The molecule has 2 aromatic carbocycles. The summed E-state index contributed by atoms with van der Waals surface area (Å²) in [5.41, 5.74) is 7.82. The van der Waals surface area contributed by atoms with E-state index in [1.54, 1.807) is 53.1 Å². The number of aromatic amines is 2. The number of nitrogens with zero attached hydrogens (tertiary/aromatic N) is 2. The van der Waals surface area contributed by atoms with Crippen molar-refractivity contribution in [1.82, 2.24) is 73.0 Å². The summed E-state index contributed by atoms with van der Waals surface area (Å²) in [6.45, 7) is 11.3. The van der Waals surface area contributed by atoms with Gasteiger partial charge < -0.3 is 88.3 Å². The highest BCUT2D eigenvalue weighted by Crippen LogP contribution is 2.23. The van der Waals surface area contributed by atoms with E-state index in [1.807, 2.05) is 32.0 Å². The van der Waals surface area contributed by atoms with Crippen molar-refractivity contribution in [3.05, 3.63) is 84.1 Å². The standard InChI is InChI=1S/C66H96N16O14/c1-8-70-64(93)54-16-12-24-82(54)65(94)47(15-11-23-71-66(67)68)76-59(88)49(25-37(2)3)77-60(89)50(26-38(4)5)78-61(90)51(27-40-17-20-44(83)21-18-40)79-63(92)53(33-96-57(86)35-95-34-55(84)39(6)7)81-62(91)52(28-41-30-72-46-14-10-9-13-45(41)46)80-58(87)48(29-43-31-69-36-74-43)73-32-42-19-22-56(85)75-42/h9-10,13-14,17-18,20-21,30-31,36-39,42,47-54,72-73,83H,8,11-12,15-16,19,22-29,32-35H2,1-7H3,(H,69,74)(H,70,93)(H,75,85)(H,76,88)(H,77,89)(H,78,90)(H,79,92)(H,80,87)(H,81,91)(H4,67,68,71)/t42-,47-,48-,49-,50+,51-,52-,53-,54-/m0/s1. The minimum absolute atomic E-state index is 0.00627. The molecular weight excluding hydrogens is 1240 g/mol. The van der Waals surface area contributed by atoms with E-state index in [1.165, 1.54) is 35.5 Å². The van der Waals surface area contributed by atoms with E-state index in [0.29, 0.717) is 49.0 Å². The molecule has 9 amide bonds. The molecule has 2 aliphatic rings. The number of ketones is 1. The predicted molar refractivity (Wildman–Crippen MR) is 354 cm³/mol. The van der Waals surface area contributed by atoms with Gasteiger partial charge in [-0.15, -0.1) is 0 Å². The Morgan fingerprint density at radius 2 is 1.32 bits per heavy atom. The minimum Gasteiger partial charge on any atom is -0.508 e. The number of hydrogen-bond donors (Lipinski definition) is 15. The molecule has 9 atom stereocenters. The molecule has 2 aromatic heterocycles. The molecule has 524 valence electrons. The smallest absolute Gasteiger partial charge is 0.332 e. The first-order valence-electron chi connectivity index (χ1n) is 32.9. The van der Waals surface area contributed by atoms with Crippen molar-refractivity contribution < 1.29 is 67.3 Å². The van der Waals surface area contributed by atoms with Crippen LogP contribution in [0.4, 0.5) is 0 Å². The fourth-order valence-electron chi connectivity index (χ4n) is 11.2. The maximum atomic E-state index is 15.1. The Bertz CT molecular complexity index is 3300. The first-order valence-corrected chi connectivity index (χ1v) is 32.9. The van der Waals surface area contributed by atoms with Crippen molar-refractivity contribution in [3.63, 3.8) is 0 Å². The van der Waals surface area contributed by atoms with Crippen molar-refractivity contribution in [1.29, 1.82) is 5.41 Å². The number of H-pyrrole nitrogens is 2. The molecule has 0 bridgehead atoms. The van der Waals surface area contributed by atoms with Crippen molar-refractivity contribution in [2.24, 2.45) is 23.5 Å². The normalized spacial score (nSPS) is 16.7. The van der Waals surface area contributed by atoms with Gasteiger partial charge in [-0.05, 0) is 93.0 Å². The lowest BCUT2D eigenvalue weighted by Crippen LogP contribution is -2.61. The topological polar surface area (TPSA) is 444 Å². The number of fused-ring (bicyclic) bond motifs is 1. The number of aromatic nitrogens is 3. The molecule has 0 aliphatic carbocycles. The maximum absolute atomic E-state index is 15.1. The number of nitrogens with one attached hydrogen (secondary N) is 13. The monoisotopic (exact) mass is 1340 g/mol. The number of likely N-dealkylation sites (N-methyl/N-ethyl adjacent to an activating group) is 1. The average Bonchev–Trinajstić information content (AvgIpc) is 1.60. The Kier molecular flexibility index (Phi) is 29.6. The van der Waals surface area contributed by atoms with Crippen LogP contribution in [0.15, 0.2) is 67.3 Å². The third-order valence-corrected chi connectivity index (χ3v) is 16.4. The quantitative estimate of drug-likeness (QED) is 0.0121. The van der Waals surface area contributed by atoms with E-state index in [-0.39, 0.29) is 112 Å². The number of phenolic OH excluding ortho intramolecular Hbond substituents is 1. The lowest BCUT2D eigenvalue weighted by molar-refractivity contribution is -0.152. The zero-order valence-electron chi connectivity index (χ0n) is 55.7. The summed E-state index contributed by atoms with van der Waals surface area (Å²) in [5, 5.41) is 46.8. The number of phenols is 1. The molecule has 6 rings (SSSR count). The molecule has 0 spiro atoms. The third kappa shape index (κ3) is 24.1. The van der Waals surface area contributed by atoms with Crippen LogP contribution in [0, 0.1) is 23.2 Å². The van der Waals surface area contributed by atoms with Gasteiger partial charge >= 0.3 is 5.97 Å². The number of benzene rings is 2. The van der Waals surface area contributed by atoms with E-state index >= 15 is 14.4 Å². The number of amides is 9. The number of nitrogens with two attached hydrogens (primary N) is 1. The Balaban J connectivity index is 1.30. The average molecular weight is 1340 g/mol.